The SMILES string of the molecule is CCCNC(=O)C1CCC(C(=O)NCCc2ccc(OC)c(OC)c2)CC1. The van der Waals surface area contributed by atoms with Gasteiger partial charge in [-0.15, -0.1) is 0 Å². The van der Waals surface area contributed by atoms with Crippen molar-refractivity contribution < 1.29 is 19.1 Å². The number of amides is 2. The molecular weight excluding hydrogens is 344 g/mol. The summed E-state index contributed by atoms with van der Waals surface area (Å²) in [5, 5.41) is 5.99. The lowest BCUT2D eigenvalue weighted by Crippen LogP contribution is -2.38. The molecule has 2 N–H and O–H groups in total. The maximum Gasteiger partial charge on any atom is 0.223 e. The summed E-state index contributed by atoms with van der Waals surface area (Å²) < 4.78 is 10.5. The van der Waals surface area contributed by atoms with Crippen LogP contribution in [0.2, 0.25) is 0 Å². The first-order valence-corrected chi connectivity index (χ1v) is 9.85. The molecule has 1 saturated carbocycles. The quantitative estimate of drug-likeness (QED) is 0.695. The third kappa shape index (κ3) is 6.15. The van der Waals surface area contributed by atoms with Crippen LogP contribution < -0.4 is 20.1 Å². The second kappa shape index (κ2) is 10.8. The van der Waals surface area contributed by atoms with Gasteiger partial charge in [0.1, 0.15) is 0 Å². The molecular formula is C21H32N2O4. The number of benzene rings is 1. The molecule has 0 heterocycles. The number of carbonyl (C=O) groups excluding carboxylic acids is 2. The lowest BCUT2D eigenvalue weighted by molar-refractivity contribution is -0.130. The van der Waals surface area contributed by atoms with E-state index < -0.39 is 0 Å². The normalized spacial score (nSPS) is 19.2. The van der Waals surface area contributed by atoms with Crippen LogP contribution in [0.3, 0.4) is 0 Å². The minimum atomic E-state index is 0.0191. The Hall–Kier alpha value is -2.24. The number of carbonyl (C=O) groups is 2. The van der Waals surface area contributed by atoms with E-state index in [9.17, 15) is 9.59 Å². The standard InChI is InChI=1S/C21H32N2O4/c1-4-12-22-20(24)16-6-8-17(9-7-16)21(25)23-13-11-15-5-10-18(26-2)19(14-15)27-3/h5,10,14,16-17H,4,6-9,11-13H2,1-3H3,(H,22,24)(H,23,25). The maximum atomic E-state index is 12.4. The van der Waals surface area contributed by atoms with Crippen molar-refractivity contribution in [2.24, 2.45) is 11.8 Å². The highest BCUT2D eigenvalue weighted by molar-refractivity contribution is 5.81. The van der Waals surface area contributed by atoms with Crippen molar-refractivity contribution in [1.82, 2.24) is 10.6 Å². The fraction of sp³-hybridized carbons (Fsp3) is 0.619. The first kappa shape index (κ1) is 21.1. The Bertz CT molecular complexity index is 625. The molecule has 0 saturated heterocycles. The van der Waals surface area contributed by atoms with Crippen molar-refractivity contribution in [2.75, 3.05) is 27.3 Å². The smallest absolute Gasteiger partial charge is 0.223 e. The summed E-state index contributed by atoms with van der Waals surface area (Å²) >= 11 is 0. The van der Waals surface area contributed by atoms with Gasteiger partial charge in [0.05, 0.1) is 14.2 Å². The van der Waals surface area contributed by atoms with Gasteiger partial charge in [-0.3, -0.25) is 9.59 Å². The second-order valence-electron chi connectivity index (χ2n) is 7.07. The molecule has 0 radical (unpaired) electrons. The van der Waals surface area contributed by atoms with E-state index in [1.54, 1.807) is 14.2 Å². The molecule has 1 aromatic carbocycles. The van der Waals surface area contributed by atoms with Crippen molar-refractivity contribution in [1.29, 1.82) is 0 Å². The van der Waals surface area contributed by atoms with Gasteiger partial charge in [0, 0.05) is 24.9 Å². The summed E-state index contributed by atoms with van der Waals surface area (Å²) in [6, 6.07) is 5.79. The van der Waals surface area contributed by atoms with Gasteiger partial charge in [0.25, 0.3) is 0 Å². The molecule has 1 aliphatic carbocycles. The molecule has 1 fully saturated rings. The summed E-state index contributed by atoms with van der Waals surface area (Å²) in [6.45, 7) is 3.37. The Balaban J connectivity index is 1.73. The average molecular weight is 376 g/mol. The van der Waals surface area contributed by atoms with Gasteiger partial charge in [-0.2, -0.15) is 0 Å². The lowest BCUT2D eigenvalue weighted by Gasteiger charge is -2.27. The molecule has 27 heavy (non-hydrogen) atoms. The van der Waals surface area contributed by atoms with Gasteiger partial charge in [-0.25, -0.2) is 0 Å². The predicted molar refractivity (Wildman–Crippen MR) is 105 cm³/mol. The minimum absolute atomic E-state index is 0.0191. The highest BCUT2D eigenvalue weighted by atomic mass is 16.5. The molecule has 0 aromatic heterocycles. The van der Waals surface area contributed by atoms with Crippen LogP contribution in [0.15, 0.2) is 18.2 Å². The largest absolute Gasteiger partial charge is 0.493 e. The van der Waals surface area contributed by atoms with Crippen LogP contribution in [0.4, 0.5) is 0 Å². The molecule has 0 atom stereocenters. The number of hydrogen-bond acceptors (Lipinski definition) is 4. The molecule has 0 unspecified atom stereocenters. The van der Waals surface area contributed by atoms with Crippen LogP contribution >= 0.6 is 0 Å². The summed E-state index contributed by atoms with van der Waals surface area (Å²) in [7, 11) is 3.22. The van der Waals surface area contributed by atoms with Crippen molar-refractivity contribution in [3.05, 3.63) is 23.8 Å². The molecule has 0 aliphatic heterocycles. The zero-order chi connectivity index (χ0) is 19.6. The first-order chi connectivity index (χ1) is 13.1. The molecule has 1 aromatic rings. The third-order valence-corrected chi connectivity index (χ3v) is 5.18. The molecule has 2 rings (SSSR count). The third-order valence-electron chi connectivity index (χ3n) is 5.18. The van der Waals surface area contributed by atoms with E-state index in [2.05, 4.69) is 10.6 Å². The number of ether oxygens (including phenoxy) is 2. The van der Waals surface area contributed by atoms with Crippen LogP contribution in [-0.2, 0) is 16.0 Å². The zero-order valence-corrected chi connectivity index (χ0v) is 16.7. The predicted octanol–water partition coefficient (Wildman–Crippen LogP) is 2.70. The van der Waals surface area contributed by atoms with Crippen molar-refractivity contribution >= 4 is 11.8 Å². The molecule has 150 valence electrons. The highest BCUT2D eigenvalue weighted by Crippen LogP contribution is 2.29. The van der Waals surface area contributed by atoms with E-state index >= 15 is 0 Å². The molecule has 2 amide bonds. The Labute approximate surface area is 162 Å². The highest BCUT2D eigenvalue weighted by Gasteiger charge is 2.29. The van der Waals surface area contributed by atoms with Crippen LogP contribution in [0.5, 0.6) is 11.5 Å². The van der Waals surface area contributed by atoms with Crippen molar-refractivity contribution in [2.45, 2.75) is 45.4 Å². The Morgan fingerprint density at radius 2 is 1.48 bits per heavy atom. The Kier molecular flexibility index (Phi) is 8.43. The van der Waals surface area contributed by atoms with E-state index in [0.29, 0.717) is 18.0 Å². The average Bonchev–Trinajstić information content (AvgIpc) is 2.71. The van der Waals surface area contributed by atoms with Crippen LogP contribution in [0.25, 0.3) is 0 Å². The molecule has 0 bridgehead atoms. The van der Waals surface area contributed by atoms with Gasteiger partial charge in [0.15, 0.2) is 11.5 Å². The molecule has 1 aliphatic rings. The molecule has 6 heteroatoms. The minimum Gasteiger partial charge on any atom is -0.493 e. The zero-order valence-electron chi connectivity index (χ0n) is 16.7. The Morgan fingerprint density at radius 3 is 2.00 bits per heavy atom. The van der Waals surface area contributed by atoms with E-state index in [1.807, 2.05) is 25.1 Å². The first-order valence-electron chi connectivity index (χ1n) is 9.85. The monoisotopic (exact) mass is 376 g/mol. The fourth-order valence-corrected chi connectivity index (χ4v) is 3.52. The van der Waals surface area contributed by atoms with Crippen molar-refractivity contribution in [3.8, 4) is 11.5 Å². The number of methoxy groups -OCH3 is 2. The van der Waals surface area contributed by atoms with Gasteiger partial charge in [0.2, 0.25) is 11.8 Å². The van der Waals surface area contributed by atoms with E-state index in [4.69, 9.17) is 9.47 Å². The summed E-state index contributed by atoms with van der Waals surface area (Å²) in [5.41, 5.74) is 1.09. The van der Waals surface area contributed by atoms with Crippen LogP contribution in [-0.4, -0.2) is 39.1 Å². The maximum absolute atomic E-state index is 12.4. The lowest BCUT2D eigenvalue weighted by atomic mass is 9.81. The number of nitrogens with one attached hydrogen (secondary N) is 2. The van der Waals surface area contributed by atoms with Crippen LogP contribution in [0.1, 0.15) is 44.6 Å². The molecule has 0 spiro atoms. The van der Waals surface area contributed by atoms with Gasteiger partial charge in [-0.05, 0) is 56.2 Å². The number of hydrogen-bond donors (Lipinski definition) is 2. The Morgan fingerprint density at radius 1 is 0.926 bits per heavy atom. The van der Waals surface area contributed by atoms with E-state index in [1.165, 1.54) is 0 Å². The summed E-state index contributed by atoms with van der Waals surface area (Å²) in [6.07, 6.45) is 4.84. The molecule has 6 nitrogen and oxygen atoms in total. The van der Waals surface area contributed by atoms with Crippen LogP contribution in [0, 0.1) is 11.8 Å². The topological polar surface area (TPSA) is 76.7 Å². The van der Waals surface area contributed by atoms with Gasteiger partial charge in [-0.1, -0.05) is 13.0 Å². The summed E-state index contributed by atoms with van der Waals surface area (Å²) in [5.74, 6) is 1.72. The van der Waals surface area contributed by atoms with Gasteiger partial charge >= 0.3 is 0 Å². The van der Waals surface area contributed by atoms with E-state index in [0.717, 1.165) is 50.6 Å². The number of rotatable bonds is 9. The van der Waals surface area contributed by atoms with E-state index in [-0.39, 0.29) is 23.7 Å². The fourth-order valence-electron chi connectivity index (χ4n) is 3.52. The van der Waals surface area contributed by atoms with Gasteiger partial charge < -0.3 is 20.1 Å². The van der Waals surface area contributed by atoms with Crippen molar-refractivity contribution in [3.63, 3.8) is 0 Å². The summed E-state index contributed by atoms with van der Waals surface area (Å²) in [4.78, 5) is 24.4. The second-order valence-corrected chi connectivity index (χ2v) is 7.07.